The van der Waals surface area contributed by atoms with Crippen LogP contribution in [0, 0.1) is 17.2 Å². The van der Waals surface area contributed by atoms with Gasteiger partial charge in [-0.1, -0.05) is 30.3 Å². The van der Waals surface area contributed by atoms with E-state index in [9.17, 15) is 23.2 Å². The van der Waals surface area contributed by atoms with Crippen LogP contribution in [0.4, 0.5) is 13.2 Å². The maximum absolute atomic E-state index is 14.1. The first-order valence-electron chi connectivity index (χ1n) is 11.2. The summed E-state index contributed by atoms with van der Waals surface area (Å²) in [6.45, 7) is 1.34. The van der Waals surface area contributed by atoms with Gasteiger partial charge in [0.05, 0.1) is 6.54 Å². The molecule has 6 nitrogen and oxygen atoms in total. The van der Waals surface area contributed by atoms with Crippen molar-refractivity contribution >= 4 is 17.2 Å². The molecule has 0 spiro atoms. The Balaban J connectivity index is 1.76. The monoisotopic (exact) mass is 497 g/mol. The normalized spacial score (nSPS) is 20.7. The summed E-state index contributed by atoms with van der Waals surface area (Å²) in [6, 6.07) is 10.9. The third-order valence-electron chi connectivity index (χ3n) is 6.43. The molecular weight excluding hydrogens is 475 g/mol. The average Bonchev–Trinajstić information content (AvgIpc) is 3.45. The highest BCUT2D eigenvalue weighted by molar-refractivity contribution is 7.12. The standard InChI is InChI=1S/C25H22F3N5OS/c1-30-10-15-6-7-23(34)32-12-20(19-8-16(9-29)35-22(19)14-32)17-4-2-3-5-18(17)21-13-33(11-15)31-24(21)25(26,27)28/h2-8,13,15,20,30H,10-12,14H2,1H3/b7-6+/t15?,20-/m0/s1. The lowest BCUT2D eigenvalue weighted by Crippen LogP contribution is -2.37. The molecular formula is C25H22F3N5OS. The number of rotatable bonds is 2. The number of hydrogen-bond donors (Lipinski definition) is 1. The minimum atomic E-state index is -4.63. The number of hydrogen-bond acceptors (Lipinski definition) is 5. The van der Waals surface area contributed by atoms with Crippen molar-refractivity contribution in [3.05, 3.63) is 75.3 Å². The van der Waals surface area contributed by atoms with E-state index < -0.39 is 11.9 Å². The van der Waals surface area contributed by atoms with Gasteiger partial charge < -0.3 is 10.2 Å². The fourth-order valence-corrected chi connectivity index (χ4v) is 5.93. The van der Waals surface area contributed by atoms with Crippen LogP contribution < -0.4 is 5.32 Å². The lowest BCUT2D eigenvalue weighted by molar-refractivity contribution is -0.141. The molecule has 2 aliphatic rings. The molecule has 0 aliphatic carbocycles. The second kappa shape index (κ2) is 8.98. The molecule has 10 heteroatoms. The van der Waals surface area contributed by atoms with Crippen molar-refractivity contribution in [2.24, 2.45) is 5.92 Å². The van der Waals surface area contributed by atoms with E-state index in [1.807, 2.05) is 0 Å². The third-order valence-corrected chi connectivity index (χ3v) is 7.47. The number of nitriles is 1. The maximum atomic E-state index is 14.1. The second-order valence-corrected chi connectivity index (χ2v) is 9.88. The zero-order chi connectivity index (χ0) is 24.7. The van der Waals surface area contributed by atoms with Gasteiger partial charge in [-0.2, -0.15) is 23.5 Å². The van der Waals surface area contributed by atoms with Crippen molar-refractivity contribution in [1.29, 1.82) is 5.26 Å². The molecule has 0 radical (unpaired) electrons. The summed E-state index contributed by atoms with van der Waals surface area (Å²) in [5.41, 5.74) is 1.07. The molecule has 0 fully saturated rings. The fourth-order valence-electron chi connectivity index (χ4n) is 4.89. The number of amides is 1. The van der Waals surface area contributed by atoms with Gasteiger partial charge in [0, 0.05) is 48.1 Å². The van der Waals surface area contributed by atoms with Crippen LogP contribution in [0.25, 0.3) is 11.1 Å². The van der Waals surface area contributed by atoms with Crippen LogP contribution in [0.15, 0.2) is 48.7 Å². The topological polar surface area (TPSA) is 74.0 Å². The number of carbonyl (C=O) groups is 1. The van der Waals surface area contributed by atoms with E-state index in [4.69, 9.17) is 0 Å². The Morgan fingerprint density at radius 2 is 2.03 bits per heavy atom. The number of nitrogens with one attached hydrogen (secondary N) is 1. The first-order chi connectivity index (χ1) is 16.8. The molecule has 4 heterocycles. The largest absolute Gasteiger partial charge is 0.435 e. The lowest BCUT2D eigenvalue weighted by atomic mass is 9.83. The molecule has 2 aromatic heterocycles. The van der Waals surface area contributed by atoms with Gasteiger partial charge in [0.2, 0.25) is 5.91 Å². The Labute approximate surface area is 204 Å². The van der Waals surface area contributed by atoms with Gasteiger partial charge in [0.15, 0.2) is 5.69 Å². The molecule has 2 aliphatic heterocycles. The van der Waals surface area contributed by atoms with Gasteiger partial charge in [-0.25, -0.2) is 0 Å². The first-order valence-corrected chi connectivity index (χ1v) is 12.0. The number of halogens is 3. The van der Waals surface area contributed by atoms with E-state index in [0.717, 1.165) is 10.4 Å². The Morgan fingerprint density at radius 3 is 2.77 bits per heavy atom. The van der Waals surface area contributed by atoms with Gasteiger partial charge in [0.1, 0.15) is 10.9 Å². The predicted octanol–water partition coefficient (Wildman–Crippen LogP) is 4.38. The van der Waals surface area contributed by atoms with Gasteiger partial charge in [-0.15, -0.1) is 11.3 Å². The van der Waals surface area contributed by atoms with Crippen LogP contribution in [0.5, 0.6) is 0 Å². The number of aromatic nitrogens is 2. The molecule has 1 amide bonds. The van der Waals surface area contributed by atoms with Crippen molar-refractivity contribution in [1.82, 2.24) is 20.0 Å². The quantitative estimate of drug-likeness (QED) is 0.570. The zero-order valence-corrected chi connectivity index (χ0v) is 19.7. The van der Waals surface area contributed by atoms with Crippen LogP contribution in [0.2, 0.25) is 0 Å². The van der Waals surface area contributed by atoms with Crippen molar-refractivity contribution in [2.45, 2.75) is 25.2 Å². The molecule has 0 saturated carbocycles. The summed E-state index contributed by atoms with van der Waals surface area (Å²) in [5.74, 6) is -0.775. The van der Waals surface area contributed by atoms with E-state index in [2.05, 4.69) is 16.5 Å². The van der Waals surface area contributed by atoms with Crippen molar-refractivity contribution in [2.75, 3.05) is 20.1 Å². The lowest BCUT2D eigenvalue weighted by Gasteiger charge is -2.33. The van der Waals surface area contributed by atoms with Gasteiger partial charge >= 0.3 is 6.18 Å². The predicted molar refractivity (Wildman–Crippen MR) is 126 cm³/mol. The Morgan fingerprint density at radius 1 is 1.23 bits per heavy atom. The Kier molecular flexibility index (Phi) is 5.99. The summed E-state index contributed by atoms with van der Waals surface area (Å²) in [5, 5.41) is 16.4. The van der Waals surface area contributed by atoms with E-state index in [0.29, 0.717) is 35.6 Å². The summed E-state index contributed by atoms with van der Waals surface area (Å²) in [7, 11) is 1.75. The van der Waals surface area contributed by atoms with E-state index in [1.54, 1.807) is 48.4 Å². The molecule has 0 saturated heterocycles. The highest BCUT2D eigenvalue weighted by atomic mass is 32.1. The first kappa shape index (κ1) is 23.3. The third kappa shape index (κ3) is 4.37. The van der Waals surface area contributed by atoms with Crippen LogP contribution in [0.3, 0.4) is 0 Å². The van der Waals surface area contributed by atoms with E-state index in [-0.39, 0.29) is 29.9 Å². The molecule has 3 aromatic rings. The van der Waals surface area contributed by atoms with Crippen molar-refractivity contribution in [3.8, 4) is 17.2 Å². The van der Waals surface area contributed by atoms with Crippen molar-refractivity contribution < 1.29 is 18.0 Å². The molecule has 1 aromatic carbocycles. The molecule has 4 bridgehead atoms. The Bertz CT molecular complexity index is 1350. The molecule has 1 N–H and O–H groups in total. The summed E-state index contributed by atoms with van der Waals surface area (Å²) in [4.78, 5) is 16.3. The van der Waals surface area contributed by atoms with E-state index in [1.165, 1.54) is 28.3 Å². The summed E-state index contributed by atoms with van der Waals surface area (Å²) >= 11 is 1.32. The number of alkyl halides is 3. The molecule has 2 atom stereocenters. The smallest absolute Gasteiger partial charge is 0.333 e. The minimum absolute atomic E-state index is 0.0141. The van der Waals surface area contributed by atoms with Crippen molar-refractivity contribution in [3.63, 3.8) is 0 Å². The number of nitrogens with zero attached hydrogens (tertiary/aromatic N) is 4. The van der Waals surface area contributed by atoms with Crippen LogP contribution >= 0.6 is 11.3 Å². The second-order valence-electron chi connectivity index (χ2n) is 8.75. The van der Waals surface area contributed by atoms with Crippen LogP contribution in [-0.2, 0) is 24.1 Å². The fraction of sp³-hybridized carbons (Fsp3) is 0.320. The Hall–Kier alpha value is -3.42. The van der Waals surface area contributed by atoms with Gasteiger partial charge in [-0.05, 0) is 35.9 Å². The molecule has 1 unspecified atom stereocenters. The number of thiophene rings is 1. The molecule has 35 heavy (non-hydrogen) atoms. The van der Waals surface area contributed by atoms with Gasteiger partial charge in [0.25, 0.3) is 0 Å². The minimum Gasteiger partial charge on any atom is -0.333 e. The molecule has 5 rings (SSSR count). The number of fused-ring (bicyclic) bond motifs is 9. The van der Waals surface area contributed by atoms with Gasteiger partial charge in [-0.3, -0.25) is 9.48 Å². The van der Waals surface area contributed by atoms with Crippen LogP contribution in [-0.4, -0.2) is 40.7 Å². The summed E-state index contributed by atoms with van der Waals surface area (Å²) < 4.78 is 43.7. The van der Waals surface area contributed by atoms with Crippen LogP contribution in [0.1, 0.15) is 32.5 Å². The zero-order valence-electron chi connectivity index (χ0n) is 18.8. The average molecular weight is 498 g/mol. The number of carbonyl (C=O) groups excluding carboxylic acids is 1. The SMILES string of the molecule is CNCC1/C=C/C(=O)N2Cc3sc(C#N)cc3[C@@H](C2)c2ccccc2-c2cn(nc2C(F)(F)F)C1. The highest BCUT2D eigenvalue weighted by Gasteiger charge is 2.39. The maximum Gasteiger partial charge on any atom is 0.435 e. The summed E-state index contributed by atoms with van der Waals surface area (Å²) in [6.07, 6.45) is 0.0583. The van der Waals surface area contributed by atoms with E-state index >= 15 is 0 Å². The number of benzene rings is 1. The highest BCUT2D eigenvalue weighted by Crippen LogP contribution is 2.44. The molecule has 180 valence electrons.